The molecule has 0 unspecified atom stereocenters. The number of nitrogens with one attached hydrogen (secondary N) is 1. The molecule has 1 aliphatic rings. The van der Waals surface area contributed by atoms with Gasteiger partial charge in [-0.25, -0.2) is 0 Å². The van der Waals surface area contributed by atoms with Crippen molar-refractivity contribution in [2.24, 2.45) is 0 Å². The fourth-order valence-corrected chi connectivity index (χ4v) is 3.17. The van der Waals surface area contributed by atoms with Gasteiger partial charge < -0.3 is 19.5 Å². The molecule has 1 fully saturated rings. The molecule has 0 bridgehead atoms. The highest BCUT2D eigenvalue weighted by Crippen LogP contribution is 2.17. The number of rotatable bonds is 3. The lowest BCUT2D eigenvalue weighted by molar-refractivity contribution is 0.0535. The van der Waals surface area contributed by atoms with Gasteiger partial charge in [0.2, 0.25) is 0 Å². The van der Waals surface area contributed by atoms with Crippen LogP contribution in [0.4, 0.5) is 0 Å². The molecule has 2 aromatic rings. The lowest BCUT2D eigenvalue weighted by atomic mass is 10.1. The minimum atomic E-state index is -0.0281. The van der Waals surface area contributed by atoms with E-state index in [2.05, 4.69) is 4.98 Å². The van der Waals surface area contributed by atoms with Gasteiger partial charge >= 0.3 is 0 Å². The molecule has 2 heterocycles. The molecule has 25 heavy (non-hydrogen) atoms. The second kappa shape index (κ2) is 7.01. The fraction of sp³-hybridized carbons (Fsp3) is 0.368. The van der Waals surface area contributed by atoms with Crippen molar-refractivity contribution in [3.63, 3.8) is 0 Å². The summed E-state index contributed by atoms with van der Waals surface area (Å²) in [6.07, 6.45) is 0. The number of hydrogen-bond donors (Lipinski definition) is 1. The van der Waals surface area contributed by atoms with Crippen LogP contribution < -0.4 is 4.74 Å². The molecule has 0 saturated carbocycles. The Kier molecular flexibility index (Phi) is 4.79. The van der Waals surface area contributed by atoms with Crippen LogP contribution in [0.3, 0.4) is 0 Å². The maximum Gasteiger partial charge on any atom is 0.255 e. The lowest BCUT2D eigenvalue weighted by Crippen LogP contribution is -2.50. The van der Waals surface area contributed by atoms with Crippen LogP contribution in [0, 0.1) is 13.8 Å². The molecule has 0 radical (unpaired) electrons. The maximum atomic E-state index is 12.6. The average molecular weight is 341 g/mol. The Labute approximate surface area is 147 Å². The van der Waals surface area contributed by atoms with E-state index in [1.165, 1.54) is 0 Å². The number of methoxy groups -OCH3 is 1. The molecule has 1 aromatic heterocycles. The summed E-state index contributed by atoms with van der Waals surface area (Å²) in [6.45, 7) is 5.99. The number of amides is 2. The molecule has 3 rings (SSSR count). The third kappa shape index (κ3) is 3.52. The van der Waals surface area contributed by atoms with Crippen molar-refractivity contribution < 1.29 is 14.3 Å². The number of ether oxygens (including phenoxy) is 1. The molecule has 6 heteroatoms. The number of aromatic amines is 1. The predicted octanol–water partition coefficient (Wildman–Crippen LogP) is 2.24. The first-order chi connectivity index (χ1) is 12.0. The van der Waals surface area contributed by atoms with Gasteiger partial charge in [0.15, 0.2) is 0 Å². The van der Waals surface area contributed by atoms with E-state index in [1.54, 1.807) is 24.1 Å². The lowest BCUT2D eigenvalue weighted by Gasteiger charge is -2.34. The Bertz CT molecular complexity index is 789. The van der Waals surface area contributed by atoms with Gasteiger partial charge in [-0.1, -0.05) is 6.07 Å². The zero-order valence-corrected chi connectivity index (χ0v) is 14.8. The standard InChI is InChI=1S/C19H23N3O3/c1-13-11-17(14(2)20-13)19(24)22-9-7-21(8-10-22)18(23)15-5-4-6-16(12-15)25-3/h4-6,11-12,20H,7-10H2,1-3H3. The first-order valence-electron chi connectivity index (χ1n) is 8.38. The SMILES string of the molecule is COc1cccc(C(=O)N2CCN(C(=O)c3cc(C)[nH]c3C)CC2)c1. The highest BCUT2D eigenvalue weighted by molar-refractivity contribution is 5.97. The van der Waals surface area contributed by atoms with E-state index >= 15 is 0 Å². The summed E-state index contributed by atoms with van der Waals surface area (Å²) in [5, 5.41) is 0. The van der Waals surface area contributed by atoms with Crippen molar-refractivity contribution in [2.75, 3.05) is 33.3 Å². The zero-order chi connectivity index (χ0) is 18.0. The third-order valence-corrected chi connectivity index (χ3v) is 4.55. The predicted molar refractivity (Wildman–Crippen MR) is 95.1 cm³/mol. The number of aryl methyl sites for hydroxylation is 2. The topological polar surface area (TPSA) is 65.6 Å². The molecule has 1 aliphatic heterocycles. The highest BCUT2D eigenvalue weighted by atomic mass is 16.5. The number of carbonyl (C=O) groups is 2. The zero-order valence-electron chi connectivity index (χ0n) is 14.8. The van der Waals surface area contributed by atoms with E-state index in [0.717, 1.165) is 11.4 Å². The molecule has 132 valence electrons. The van der Waals surface area contributed by atoms with Gasteiger partial charge in [0.1, 0.15) is 5.75 Å². The van der Waals surface area contributed by atoms with Crippen LogP contribution in [-0.2, 0) is 0 Å². The fourth-order valence-electron chi connectivity index (χ4n) is 3.17. The van der Waals surface area contributed by atoms with Gasteiger partial charge in [-0.2, -0.15) is 0 Å². The summed E-state index contributed by atoms with van der Waals surface area (Å²) in [4.78, 5) is 32.0. The average Bonchev–Trinajstić information content (AvgIpc) is 2.99. The minimum Gasteiger partial charge on any atom is -0.497 e. The number of nitrogens with zero attached hydrogens (tertiary/aromatic N) is 2. The summed E-state index contributed by atoms with van der Waals surface area (Å²) in [6, 6.07) is 9.03. The number of aromatic nitrogens is 1. The van der Waals surface area contributed by atoms with Gasteiger partial charge in [0.25, 0.3) is 11.8 Å². The summed E-state index contributed by atoms with van der Waals surface area (Å²) >= 11 is 0. The summed E-state index contributed by atoms with van der Waals surface area (Å²) in [7, 11) is 1.58. The molecular formula is C19H23N3O3. The number of piperazine rings is 1. The van der Waals surface area contributed by atoms with Crippen molar-refractivity contribution in [3.8, 4) is 5.75 Å². The molecule has 0 spiro atoms. The van der Waals surface area contributed by atoms with Crippen LogP contribution in [0.25, 0.3) is 0 Å². The molecule has 1 aromatic carbocycles. The summed E-state index contributed by atoms with van der Waals surface area (Å²) < 4.78 is 5.18. The Morgan fingerprint density at radius 2 is 1.64 bits per heavy atom. The van der Waals surface area contributed by atoms with E-state index in [4.69, 9.17) is 4.74 Å². The van der Waals surface area contributed by atoms with Crippen molar-refractivity contribution in [3.05, 3.63) is 52.8 Å². The quantitative estimate of drug-likeness (QED) is 0.931. The van der Waals surface area contributed by atoms with Gasteiger partial charge in [-0.15, -0.1) is 0 Å². The Morgan fingerprint density at radius 3 is 2.20 bits per heavy atom. The molecule has 0 atom stereocenters. The normalized spacial score (nSPS) is 14.5. The molecular weight excluding hydrogens is 318 g/mol. The molecule has 0 aliphatic carbocycles. The Morgan fingerprint density at radius 1 is 1.00 bits per heavy atom. The van der Waals surface area contributed by atoms with Crippen LogP contribution in [0.15, 0.2) is 30.3 Å². The van der Waals surface area contributed by atoms with Crippen LogP contribution >= 0.6 is 0 Å². The van der Waals surface area contributed by atoms with E-state index in [1.807, 2.05) is 36.9 Å². The number of benzene rings is 1. The second-order valence-corrected chi connectivity index (χ2v) is 6.31. The molecule has 2 amide bonds. The largest absolute Gasteiger partial charge is 0.497 e. The van der Waals surface area contributed by atoms with Crippen molar-refractivity contribution >= 4 is 11.8 Å². The van der Waals surface area contributed by atoms with Crippen LogP contribution in [-0.4, -0.2) is 59.9 Å². The van der Waals surface area contributed by atoms with Crippen molar-refractivity contribution in [1.82, 2.24) is 14.8 Å². The van der Waals surface area contributed by atoms with Crippen molar-refractivity contribution in [1.29, 1.82) is 0 Å². The van der Waals surface area contributed by atoms with Gasteiger partial charge in [-0.05, 0) is 38.1 Å². The molecule has 6 nitrogen and oxygen atoms in total. The first-order valence-corrected chi connectivity index (χ1v) is 8.38. The van der Waals surface area contributed by atoms with E-state index in [9.17, 15) is 9.59 Å². The summed E-state index contributed by atoms with van der Waals surface area (Å²) in [5.74, 6) is 0.660. The Balaban J connectivity index is 1.64. The van der Waals surface area contributed by atoms with E-state index in [-0.39, 0.29) is 11.8 Å². The van der Waals surface area contributed by atoms with E-state index < -0.39 is 0 Å². The van der Waals surface area contributed by atoms with Gasteiger partial charge in [-0.3, -0.25) is 9.59 Å². The third-order valence-electron chi connectivity index (χ3n) is 4.55. The minimum absolute atomic E-state index is 0.0235. The van der Waals surface area contributed by atoms with Gasteiger partial charge in [0, 0.05) is 43.1 Å². The van der Waals surface area contributed by atoms with Crippen molar-refractivity contribution in [2.45, 2.75) is 13.8 Å². The monoisotopic (exact) mass is 341 g/mol. The Hall–Kier alpha value is -2.76. The number of hydrogen-bond acceptors (Lipinski definition) is 3. The van der Waals surface area contributed by atoms with Crippen LogP contribution in [0.1, 0.15) is 32.1 Å². The highest BCUT2D eigenvalue weighted by Gasteiger charge is 2.26. The smallest absolute Gasteiger partial charge is 0.255 e. The maximum absolute atomic E-state index is 12.6. The molecule has 1 N–H and O–H groups in total. The number of carbonyl (C=O) groups excluding carboxylic acids is 2. The second-order valence-electron chi connectivity index (χ2n) is 6.31. The number of H-pyrrole nitrogens is 1. The van der Waals surface area contributed by atoms with Crippen LogP contribution in [0.5, 0.6) is 5.75 Å². The van der Waals surface area contributed by atoms with Gasteiger partial charge in [0.05, 0.1) is 12.7 Å². The molecule has 1 saturated heterocycles. The van der Waals surface area contributed by atoms with Crippen LogP contribution in [0.2, 0.25) is 0 Å². The summed E-state index contributed by atoms with van der Waals surface area (Å²) in [5.41, 5.74) is 3.19. The first kappa shape index (κ1) is 17.1. The van der Waals surface area contributed by atoms with E-state index in [0.29, 0.717) is 43.1 Å².